The van der Waals surface area contributed by atoms with Crippen LogP contribution in [0.25, 0.3) is 0 Å². The van der Waals surface area contributed by atoms with Crippen molar-refractivity contribution >= 4 is 21.7 Å². The van der Waals surface area contributed by atoms with Crippen LogP contribution in [0.5, 0.6) is 0 Å². The molecule has 1 heterocycles. The minimum Gasteiger partial charge on any atom is -0.396 e. The monoisotopic (exact) mass is 288 g/mol. The van der Waals surface area contributed by atoms with Gasteiger partial charge < -0.3 is 10.4 Å². The zero-order valence-corrected chi connectivity index (χ0v) is 10.4. The molecule has 0 aromatic carbocycles. The minimum absolute atomic E-state index is 0.133. The second-order valence-corrected chi connectivity index (χ2v) is 5.02. The van der Waals surface area contributed by atoms with Crippen LogP contribution in [0.4, 0.5) is 10.2 Å². The highest BCUT2D eigenvalue weighted by Crippen LogP contribution is 2.28. The molecule has 2 N–H and O–H groups in total. The summed E-state index contributed by atoms with van der Waals surface area (Å²) in [4.78, 5) is 4.00. The number of hydrogen-bond donors (Lipinski definition) is 2. The van der Waals surface area contributed by atoms with Crippen LogP contribution >= 0.6 is 15.9 Å². The molecule has 0 bridgehead atoms. The van der Waals surface area contributed by atoms with Gasteiger partial charge in [0.25, 0.3) is 0 Å². The molecule has 0 saturated heterocycles. The summed E-state index contributed by atoms with van der Waals surface area (Å²) in [5.41, 5.74) is 0. The average Bonchev–Trinajstić information content (AvgIpc) is 2.69. The van der Waals surface area contributed by atoms with Crippen LogP contribution in [-0.2, 0) is 0 Å². The van der Waals surface area contributed by atoms with Crippen molar-refractivity contribution in [2.75, 3.05) is 11.9 Å². The molecule has 5 heteroatoms. The Hall–Kier alpha value is -0.680. The SMILES string of the molecule is OCC1CCCC1Nc1ncc(Br)cc1F. The summed E-state index contributed by atoms with van der Waals surface area (Å²) in [5, 5.41) is 12.2. The highest BCUT2D eigenvalue weighted by Gasteiger charge is 2.27. The lowest BCUT2D eigenvalue weighted by atomic mass is 10.1. The average molecular weight is 289 g/mol. The van der Waals surface area contributed by atoms with E-state index in [0.717, 1.165) is 19.3 Å². The number of aliphatic hydroxyl groups is 1. The maximum Gasteiger partial charge on any atom is 0.166 e. The fraction of sp³-hybridized carbons (Fsp3) is 0.545. The molecule has 1 aromatic heterocycles. The van der Waals surface area contributed by atoms with Crippen molar-refractivity contribution in [1.82, 2.24) is 4.98 Å². The molecule has 1 aliphatic rings. The van der Waals surface area contributed by atoms with Crippen molar-refractivity contribution in [3.63, 3.8) is 0 Å². The van der Waals surface area contributed by atoms with E-state index in [1.54, 1.807) is 6.20 Å². The van der Waals surface area contributed by atoms with E-state index in [4.69, 9.17) is 5.11 Å². The number of aliphatic hydroxyl groups excluding tert-OH is 1. The van der Waals surface area contributed by atoms with Gasteiger partial charge in [0.1, 0.15) is 0 Å². The van der Waals surface area contributed by atoms with Gasteiger partial charge in [0.2, 0.25) is 0 Å². The molecule has 1 aromatic rings. The topological polar surface area (TPSA) is 45.1 Å². The van der Waals surface area contributed by atoms with Crippen LogP contribution in [0.2, 0.25) is 0 Å². The van der Waals surface area contributed by atoms with Gasteiger partial charge in [-0.2, -0.15) is 0 Å². The molecule has 1 aliphatic carbocycles. The second kappa shape index (κ2) is 5.10. The van der Waals surface area contributed by atoms with Crippen LogP contribution in [0.15, 0.2) is 16.7 Å². The molecule has 2 rings (SSSR count). The van der Waals surface area contributed by atoms with Gasteiger partial charge in [0, 0.05) is 29.2 Å². The molecule has 0 aliphatic heterocycles. The number of aromatic nitrogens is 1. The third kappa shape index (κ3) is 2.52. The Morgan fingerprint density at radius 1 is 1.56 bits per heavy atom. The van der Waals surface area contributed by atoms with Gasteiger partial charge in [-0.25, -0.2) is 9.37 Å². The van der Waals surface area contributed by atoms with Crippen LogP contribution in [0.1, 0.15) is 19.3 Å². The van der Waals surface area contributed by atoms with E-state index in [2.05, 4.69) is 26.2 Å². The summed E-state index contributed by atoms with van der Waals surface area (Å²) in [7, 11) is 0. The normalized spacial score (nSPS) is 24.7. The summed E-state index contributed by atoms with van der Waals surface area (Å²) < 4.78 is 14.1. The van der Waals surface area contributed by atoms with Gasteiger partial charge >= 0.3 is 0 Å². The molecule has 88 valence electrons. The van der Waals surface area contributed by atoms with Gasteiger partial charge in [-0.15, -0.1) is 0 Å². The van der Waals surface area contributed by atoms with E-state index < -0.39 is 0 Å². The van der Waals surface area contributed by atoms with Crippen molar-refractivity contribution in [2.45, 2.75) is 25.3 Å². The number of nitrogens with zero attached hydrogens (tertiary/aromatic N) is 1. The van der Waals surface area contributed by atoms with E-state index in [-0.39, 0.29) is 30.2 Å². The smallest absolute Gasteiger partial charge is 0.166 e. The Labute approximate surface area is 102 Å². The van der Waals surface area contributed by atoms with E-state index in [1.165, 1.54) is 6.07 Å². The predicted molar refractivity (Wildman–Crippen MR) is 63.7 cm³/mol. The molecular weight excluding hydrogens is 275 g/mol. The molecule has 1 fully saturated rings. The lowest BCUT2D eigenvalue weighted by Gasteiger charge is -2.19. The summed E-state index contributed by atoms with van der Waals surface area (Å²) in [5.74, 6) is 0.122. The summed E-state index contributed by atoms with van der Waals surface area (Å²) >= 11 is 3.16. The molecular formula is C11H14BrFN2O. The lowest BCUT2D eigenvalue weighted by molar-refractivity contribution is 0.222. The van der Waals surface area contributed by atoms with Crippen molar-refractivity contribution < 1.29 is 9.50 Å². The Bertz CT molecular complexity index is 375. The molecule has 0 amide bonds. The first-order valence-electron chi connectivity index (χ1n) is 5.39. The van der Waals surface area contributed by atoms with Crippen LogP contribution in [0, 0.1) is 11.7 Å². The van der Waals surface area contributed by atoms with Crippen LogP contribution in [0.3, 0.4) is 0 Å². The Balaban J connectivity index is 2.08. The quantitative estimate of drug-likeness (QED) is 0.899. The summed E-state index contributed by atoms with van der Waals surface area (Å²) in [6, 6.07) is 1.52. The highest BCUT2D eigenvalue weighted by atomic mass is 79.9. The fourth-order valence-electron chi connectivity index (χ4n) is 2.14. The first-order chi connectivity index (χ1) is 7.70. The Kier molecular flexibility index (Phi) is 3.76. The number of rotatable bonds is 3. The number of pyridine rings is 1. The van der Waals surface area contributed by atoms with Gasteiger partial charge in [0.15, 0.2) is 11.6 Å². The molecule has 1 saturated carbocycles. The maximum absolute atomic E-state index is 13.5. The zero-order chi connectivity index (χ0) is 11.5. The van der Waals surface area contributed by atoms with Gasteiger partial charge in [0.05, 0.1) is 0 Å². The molecule has 0 radical (unpaired) electrons. The summed E-state index contributed by atoms with van der Waals surface area (Å²) in [6.07, 6.45) is 4.59. The van der Waals surface area contributed by atoms with E-state index in [1.807, 2.05) is 0 Å². The third-order valence-electron chi connectivity index (χ3n) is 3.02. The Morgan fingerprint density at radius 2 is 2.38 bits per heavy atom. The number of anilines is 1. The largest absolute Gasteiger partial charge is 0.396 e. The van der Waals surface area contributed by atoms with Crippen LogP contribution in [-0.4, -0.2) is 22.7 Å². The van der Waals surface area contributed by atoms with E-state index in [9.17, 15) is 4.39 Å². The first kappa shape index (κ1) is 11.8. The van der Waals surface area contributed by atoms with Crippen molar-refractivity contribution in [1.29, 1.82) is 0 Å². The van der Waals surface area contributed by atoms with Gasteiger partial charge in [-0.1, -0.05) is 6.42 Å². The molecule has 2 unspecified atom stereocenters. The highest BCUT2D eigenvalue weighted by molar-refractivity contribution is 9.10. The second-order valence-electron chi connectivity index (χ2n) is 4.11. The molecule has 2 atom stereocenters. The van der Waals surface area contributed by atoms with Gasteiger partial charge in [-0.05, 0) is 34.8 Å². The third-order valence-corrected chi connectivity index (χ3v) is 3.46. The molecule has 3 nitrogen and oxygen atoms in total. The van der Waals surface area contributed by atoms with Crippen LogP contribution < -0.4 is 5.32 Å². The summed E-state index contributed by atoms with van der Waals surface area (Å²) in [6.45, 7) is 0.149. The van der Waals surface area contributed by atoms with Gasteiger partial charge in [-0.3, -0.25) is 0 Å². The standard InChI is InChI=1S/C11H14BrFN2O/c12-8-4-9(13)11(14-5-8)15-10-3-1-2-7(10)6-16/h4-5,7,10,16H,1-3,6H2,(H,14,15). The molecule has 0 spiro atoms. The number of nitrogens with one attached hydrogen (secondary N) is 1. The van der Waals surface area contributed by atoms with Crippen molar-refractivity contribution in [3.8, 4) is 0 Å². The first-order valence-corrected chi connectivity index (χ1v) is 6.18. The zero-order valence-electron chi connectivity index (χ0n) is 8.79. The minimum atomic E-state index is -0.363. The van der Waals surface area contributed by atoms with Crippen molar-refractivity contribution in [3.05, 3.63) is 22.6 Å². The van der Waals surface area contributed by atoms with Crippen molar-refractivity contribution in [2.24, 2.45) is 5.92 Å². The number of halogens is 2. The van der Waals surface area contributed by atoms with E-state index in [0.29, 0.717) is 4.47 Å². The molecule has 16 heavy (non-hydrogen) atoms. The van der Waals surface area contributed by atoms with E-state index >= 15 is 0 Å². The maximum atomic E-state index is 13.5. The predicted octanol–water partition coefficient (Wildman–Crippen LogP) is 2.56. The fourth-order valence-corrected chi connectivity index (χ4v) is 2.45. The lowest BCUT2D eigenvalue weighted by Crippen LogP contribution is -2.27. The Morgan fingerprint density at radius 3 is 3.06 bits per heavy atom. The number of hydrogen-bond acceptors (Lipinski definition) is 3.